The number of unbranched alkanes of at least 4 members (excludes halogenated alkanes) is 13. The molecule has 64 heavy (non-hydrogen) atoms. The lowest BCUT2D eigenvalue weighted by Gasteiger charge is -2.30. The molecule has 1 amide bonds. The van der Waals surface area contributed by atoms with Crippen molar-refractivity contribution in [3.8, 4) is 0 Å². The van der Waals surface area contributed by atoms with Gasteiger partial charge in [0.05, 0.1) is 39.9 Å². The molecule has 0 aromatic heterocycles. The first kappa shape index (κ1) is 61.2. The van der Waals surface area contributed by atoms with Gasteiger partial charge in [-0.1, -0.05) is 200 Å². The molecule has 0 saturated carbocycles. The summed E-state index contributed by atoms with van der Waals surface area (Å²) in [6.45, 7) is 4.48. The molecule has 0 aliphatic carbocycles. The van der Waals surface area contributed by atoms with Crippen molar-refractivity contribution in [3.63, 3.8) is 0 Å². The van der Waals surface area contributed by atoms with Crippen molar-refractivity contribution in [2.75, 3.05) is 40.9 Å². The maximum atomic E-state index is 12.8. The number of phosphoric ester groups is 1. The Bertz CT molecular complexity index is 1400. The number of aliphatic hydroxyl groups is 1. The lowest BCUT2D eigenvalue weighted by atomic mass is 10.0. The number of quaternary nitrogens is 1. The molecule has 0 spiro atoms. The van der Waals surface area contributed by atoms with Gasteiger partial charge in [-0.05, 0) is 83.5 Å². The van der Waals surface area contributed by atoms with Gasteiger partial charge >= 0.3 is 0 Å². The van der Waals surface area contributed by atoms with Crippen LogP contribution in [-0.4, -0.2) is 68.5 Å². The number of nitrogens with one attached hydrogen (secondary N) is 1. The maximum Gasteiger partial charge on any atom is 0.268 e. The van der Waals surface area contributed by atoms with E-state index in [0.717, 1.165) is 116 Å². The van der Waals surface area contributed by atoms with Gasteiger partial charge in [-0.15, -0.1) is 0 Å². The second-order valence-corrected chi connectivity index (χ2v) is 19.2. The molecule has 366 valence electrons. The van der Waals surface area contributed by atoms with Crippen LogP contribution in [-0.2, 0) is 18.4 Å². The summed E-state index contributed by atoms with van der Waals surface area (Å²) >= 11 is 0. The molecule has 9 heteroatoms. The normalized spacial score (nSPS) is 15.0. The first-order chi connectivity index (χ1) is 31.0. The summed E-state index contributed by atoms with van der Waals surface area (Å²) < 4.78 is 23.1. The van der Waals surface area contributed by atoms with Gasteiger partial charge in [0.2, 0.25) is 5.91 Å². The first-order valence-corrected chi connectivity index (χ1v) is 26.7. The third kappa shape index (κ3) is 47.1. The van der Waals surface area contributed by atoms with E-state index in [1.807, 2.05) is 21.1 Å². The number of hydrogen-bond donors (Lipinski definition) is 2. The zero-order chi connectivity index (χ0) is 47.1. The SMILES string of the molecule is CC/C=C\C/C=C\C/C=C\C/C=C\C/C=C\C/C=C\C/C=C\C/C=C\C/C=C\CCCCCCCCCCCC(=O)NC(COP(=O)([O-])OCC[N+](C)(C)C)C(O)CCCCCCC. The number of nitrogens with zero attached hydrogens (tertiary/aromatic N) is 1. The minimum absolute atomic E-state index is 0.00466. The number of carbonyl (C=O) groups excluding carboxylic acids is 1. The number of hydrogen-bond acceptors (Lipinski definition) is 6. The Hall–Kier alpha value is -2.84. The zero-order valence-electron chi connectivity index (χ0n) is 41.4. The van der Waals surface area contributed by atoms with Crippen LogP contribution in [0.15, 0.2) is 109 Å². The lowest BCUT2D eigenvalue weighted by molar-refractivity contribution is -0.870. The summed E-state index contributed by atoms with van der Waals surface area (Å²) in [6, 6.07) is -0.807. The number of aliphatic hydroxyl groups excluding tert-OH is 1. The van der Waals surface area contributed by atoms with E-state index in [1.165, 1.54) is 38.5 Å². The van der Waals surface area contributed by atoms with Gasteiger partial charge < -0.3 is 28.8 Å². The smallest absolute Gasteiger partial charge is 0.268 e. The van der Waals surface area contributed by atoms with Crippen molar-refractivity contribution in [2.45, 2.75) is 193 Å². The van der Waals surface area contributed by atoms with E-state index in [9.17, 15) is 19.4 Å². The number of rotatable bonds is 44. The Morgan fingerprint density at radius 2 is 0.953 bits per heavy atom. The van der Waals surface area contributed by atoms with Gasteiger partial charge in [-0.2, -0.15) is 0 Å². The number of amides is 1. The topological polar surface area (TPSA) is 108 Å². The van der Waals surface area contributed by atoms with Crippen molar-refractivity contribution in [3.05, 3.63) is 109 Å². The van der Waals surface area contributed by atoms with Crippen LogP contribution in [0.3, 0.4) is 0 Å². The lowest BCUT2D eigenvalue weighted by Crippen LogP contribution is -2.46. The van der Waals surface area contributed by atoms with Crippen LogP contribution in [0, 0.1) is 0 Å². The van der Waals surface area contributed by atoms with Gasteiger partial charge in [0.15, 0.2) is 0 Å². The molecule has 0 heterocycles. The van der Waals surface area contributed by atoms with E-state index in [1.54, 1.807) is 0 Å². The van der Waals surface area contributed by atoms with E-state index >= 15 is 0 Å². The molecule has 3 unspecified atom stereocenters. The van der Waals surface area contributed by atoms with Crippen LogP contribution in [0.2, 0.25) is 0 Å². The van der Waals surface area contributed by atoms with Crippen molar-refractivity contribution in [2.24, 2.45) is 0 Å². The van der Waals surface area contributed by atoms with Crippen LogP contribution in [0.1, 0.15) is 181 Å². The molecule has 0 aromatic carbocycles. The Morgan fingerprint density at radius 3 is 1.39 bits per heavy atom. The fraction of sp³-hybridized carbons (Fsp3) is 0.655. The van der Waals surface area contributed by atoms with Crippen molar-refractivity contribution in [1.82, 2.24) is 5.32 Å². The predicted molar refractivity (Wildman–Crippen MR) is 274 cm³/mol. The van der Waals surface area contributed by atoms with E-state index < -0.39 is 20.0 Å². The second-order valence-electron chi connectivity index (χ2n) is 17.8. The molecular weight excluding hydrogens is 816 g/mol. The van der Waals surface area contributed by atoms with Crippen LogP contribution in [0.25, 0.3) is 0 Å². The van der Waals surface area contributed by atoms with Gasteiger partial charge in [0.1, 0.15) is 13.2 Å². The third-order valence-electron chi connectivity index (χ3n) is 10.5. The Kier molecular flexibility index (Phi) is 43.3. The van der Waals surface area contributed by atoms with Gasteiger partial charge in [0, 0.05) is 6.42 Å². The van der Waals surface area contributed by atoms with Crippen molar-refractivity contribution < 1.29 is 32.9 Å². The fourth-order valence-electron chi connectivity index (χ4n) is 6.56. The average Bonchev–Trinajstić information content (AvgIpc) is 3.25. The molecule has 0 fully saturated rings. The molecule has 3 atom stereocenters. The van der Waals surface area contributed by atoms with Crippen molar-refractivity contribution in [1.29, 1.82) is 0 Å². The van der Waals surface area contributed by atoms with E-state index in [2.05, 4.69) is 129 Å². The Labute approximate surface area is 393 Å². The Morgan fingerprint density at radius 1 is 0.562 bits per heavy atom. The van der Waals surface area contributed by atoms with E-state index in [4.69, 9.17) is 9.05 Å². The first-order valence-electron chi connectivity index (χ1n) is 25.2. The molecule has 0 aliphatic heterocycles. The highest BCUT2D eigenvalue weighted by molar-refractivity contribution is 7.45. The summed E-state index contributed by atoms with van der Waals surface area (Å²) in [5.41, 5.74) is 0. The second kappa shape index (κ2) is 45.3. The van der Waals surface area contributed by atoms with Crippen LogP contribution in [0.4, 0.5) is 0 Å². The fourth-order valence-corrected chi connectivity index (χ4v) is 7.28. The van der Waals surface area contributed by atoms with Gasteiger partial charge in [0.25, 0.3) is 7.82 Å². The summed E-state index contributed by atoms with van der Waals surface area (Å²) in [5, 5.41) is 13.7. The summed E-state index contributed by atoms with van der Waals surface area (Å²) in [7, 11) is 1.28. The molecule has 0 aliphatic rings. The number of phosphoric acid groups is 1. The standard InChI is InChI=1S/C55H95N2O6P/c1-6-8-10-12-13-14-15-16-17-18-19-20-21-22-23-24-25-26-27-28-29-30-31-32-33-34-35-36-37-38-39-40-41-42-43-45-47-49-55(59)56-53(54(58)48-46-44-11-9-7-2)52-63-64(60,61)62-51-50-57(3,4)5/h8,10,13-14,16-17,19-20,22-23,25-26,28-29,31-32,34-35,53-54,58H,6-7,9,11-12,15,18,21,24,27,30,33,36-52H2,1-5H3,(H-,56,59,60,61)/b10-8-,14-13-,17-16-,20-19-,23-22-,26-25-,29-28-,32-31-,35-34-. The number of likely N-dealkylation sites (N-methyl/N-ethyl adjacent to an activating group) is 1. The predicted octanol–water partition coefficient (Wildman–Crippen LogP) is 14.2. The van der Waals surface area contributed by atoms with Crippen LogP contribution in [0.5, 0.6) is 0 Å². The molecule has 0 bridgehead atoms. The average molecular weight is 911 g/mol. The molecule has 0 saturated heterocycles. The molecule has 8 nitrogen and oxygen atoms in total. The summed E-state index contributed by atoms with van der Waals surface area (Å²) in [5.74, 6) is -0.184. The van der Waals surface area contributed by atoms with Gasteiger partial charge in [-0.25, -0.2) is 0 Å². The van der Waals surface area contributed by atoms with Crippen LogP contribution >= 0.6 is 7.82 Å². The molecule has 0 radical (unpaired) electrons. The third-order valence-corrected chi connectivity index (χ3v) is 11.5. The van der Waals surface area contributed by atoms with Crippen LogP contribution < -0.4 is 10.2 Å². The molecule has 0 rings (SSSR count). The van der Waals surface area contributed by atoms with E-state index in [0.29, 0.717) is 23.9 Å². The van der Waals surface area contributed by atoms with E-state index in [-0.39, 0.29) is 19.1 Å². The number of carbonyl (C=O) groups is 1. The largest absolute Gasteiger partial charge is 0.756 e. The number of allylic oxidation sites excluding steroid dienone is 18. The summed E-state index contributed by atoms with van der Waals surface area (Å²) in [6.07, 6.45) is 65.9. The Balaban J connectivity index is 3.95. The highest BCUT2D eigenvalue weighted by Crippen LogP contribution is 2.38. The van der Waals surface area contributed by atoms with Crippen molar-refractivity contribution >= 4 is 13.7 Å². The summed E-state index contributed by atoms with van der Waals surface area (Å²) in [4.78, 5) is 25.2. The highest BCUT2D eigenvalue weighted by atomic mass is 31.2. The minimum Gasteiger partial charge on any atom is -0.756 e. The monoisotopic (exact) mass is 911 g/mol. The van der Waals surface area contributed by atoms with Gasteiger partial charge in [-0.3, -0.25) is 9.36 Å². The highest BCUT2D eigenvalue weighted by Gasteiger charge is 2.24. The quantitative estimate of drug-likeness (QED) is 0.0273. The minimum atomic E-state index is -4.56. The molecular formula is C55H95N2O6P. The molecule has 2 N–H and O–H groups in total. The zero-order valence-corrected chi connectivity index (χ0v) is 42.3. The maximum absolute atomic E-state index is 12.8. The molecule has 0 aromatic rings.